The molecule has 90 valence electrons. The van der Waals surface area contributed by atoms with Gasteiger partial charge in [-0.15, -0.1) is 0 Å². The maximum Gasteiger partial charge on any atom is 0.338 e. The second-order valence-electron chi connectivity index (χ2n) is 4.94. The summed E-state index contributed by atoms with van der Waals surface area (Å²) in [5, 5.41) is 3.44. The Hall–Kier alpha value is -1.35. The summed E-state index contributed by atoms with van der Waals surface area (Å²) in [7, 11) is 0. The van der Waals surface area contributed by atoms with Crippen molar-refractivity contribution in [2.45, 2.75) is 31.7 Å². The van der Waals surface area contributed by atoms with Crippen LogP contribution in [-0.4, -0.2) is 19.1 Å². The Labute approximate surface area is 101 Å². The van der Waals surface area contributed by atoms with Crippen LogP contribution in [0.1, 0.15) is 41.3 Å². The van der Waals surface area contributed by atoms with Crippen LogP contribution in [0.3, 0.4) is 0 Å². The van der Waals surface area contributed by atoms with Crippen LogP contribution in [0.4, 0.5) is 0 Å². The molecule has 0 atom stereocenters. The molecule has 1 aromatic rings. The molecule has 2 aliphatic rings. The Morgan fingerprint density at radius 2 is 2.29 bits per heavy atom. The van der Waals surface area contributed by atoms with E-state index in [1.807, 2.05) is 19.1 Å². The fourth-order valence-corrected chi connectivity index (χ4v) is 2.86. The van der Waals surface area contributed by atoms with E-state index in [0.717, 1.165) is 18.7 Å². The Balaban J connectivity index is 2.08. The summed E-state index contributed by atoms with van der Waals surface area (Å²) in [6.45, 7) is 4.15. The molecule has 1 saturated carbocycles. The van der Waals surface area contributed by atoms with Crippen LogP contribution < -0.4 is 5.32 Å². The average Bonchev–Trinajstić information content (AvgIpc) is 3.10. The summed E-state index contributed by atoms with van der Waals surface area (Å²) < 4.78 is 5.16. The Morgan fingerprint density at radius 1 is 1.47 bits per heavy atom. The zero-order valence-corrected chi connectivity index (χ0v) is 10.1. The third-order valence-corrected chi connectivity index (χ3v) is 3.81. The molecule has 3 heteroatoms. The van der Waals surface area contributed by atoms with Gasteiger partial charge < -0.3 is 10.1 Å². The molecule has 1 aliphatic carbocycles. The van der Waals surface area contributed by atoms with Gasteiger partial charge in [0.2, 0.25) is 0 Å². The number of benzene rings is 1. The zero-order chi connectivity index (χ0) is 11.9. The van der Waals surface area contributed by atoms with E-state index in [1.165, 1.54) is 24.0 Å². The third kappa shape index (κ3) is 1.65. The van der Waals surface area contributed by atoms with Gasteiger partial charge in [0.1, 0.15) is 0 Å². The van der Waals surface area contributed by atoms with Gasteiger partial charge in [-0.3, -0.25) is 0 Å². The number of rotatable bonds is 2. The Morgan fingerprint density at radius 3 is 3.00 bits per heavy atom. The molecule has 0 amide bonds. The largest absolute Gasteiger partial charge is 0.462 e. The highest BCUT2D eigenvalue weighted by atomic mass is 16.5. The number of carbonyl (C=O) groups is 1. The fourth-order valence-electron chi connectivity index (χ4n) is 2.86. The molecule has 1 heterocycles. The van der Waals surface area contributed by atoms with Crippen molar-refractivity contribution in [2.75, 3.05) is 13.2 Å². The van der Waals surface area contributed by atoms with E-state index in [-0.39, 0.29) is 11.4 Å². The second-order valence-corrected chi connectivity index (χ2v) is 4.94. The molecule has 1 spiro atoms. The van der Waals surface area contributed by atoms with Crippen LogP contribution in [0.5, 0.6) is 0 Å². The normalized spacial score (nSPS) is 19.8. The average molecular weight is 231 g/mol. The van der Waals surface area contributed by atoms with E-state index >= 15 is 0 Å². The minimum Gasteiger partial charge on any atom is -0.462 e. The van der Waals surface area contributed by atoms with Gasteiger partial charge in [-0.25, -0.2) is 4.79 Å². The summed E-state index contributed by atoms with van der Waals surface area (Å²) in [5.41, 5.74) is 3.51. The van der Waals surface area contributed by atoms with Gasteiger partial charge in [0.25, 0.3) is 0 Å². The SMILES string of the molecule is CCOC(=O)c1cccc2c1C1(CC1)CNC2. The van der Waals surface area contributed by atoms with E-state index in [0.29, 0.717) is 6.61 Å². The van der Waals surface area contributed by atoms with Crippen molar-refractivity contribution in [3.8, 4) is 0 Å². The standard InChI is InChI=1S/C14H17NO2/c1-2-17-13(16)11-5-3-4-10-8-15-9-14(6-7-14)12(10)11/h3-5,15H,2,6-9H2,1H3. The zero-order valence-electron chi connectivity index (χ0n) is 10.1. The lowest BCUT2D eigenvalue weighted by Gasteiger charge is -2.28. The quantitative estimate of drug-likeness (QED) is 0.791. The first-order valence-corrected chi connectivity index (χ1v) is 6.27. The highest BCUT2D eigenvalue weighted by Gasteiger charge is 2.48. The van der Waals surface area contributed by atoms with Gasteiger partial charge in [0.15, 0.2) is 0 Å². The van der Waals surface area contributed by atoms with Gasteiger partial charge >= 0.3 is 5.97 Å². The van der Waals surface area contributed by atoms with Crippen LogP contribution in [0.2, 0.25) is 0 Å². The monoisotopic (exact) mass is 231 g/mol. The third-order valence-electron chi connectivity index (χ3n) is 3.81. The van der Waals surface area contributed by atoms with Crippen LogP contribution in [0, 0.1) is 0 Å². The number of hydrogen-bond donors (Lipinski definition) is 1. The Bertz CT molecular complexity index is 463. The molecule has 1 N–H and O–H groups in total. The molecule has 0 saturated heterocycles. The van der Waals surface area contributed by atoms with E-state index < -0.39 is 0 Å². The molecule has 3 nitrogen and oxygen atoms in total. The lowest BCUT2D eigenvalue weighted by molar-refractivity contribution is 0.0523. The second kappa shape index (κ2) is 3.84. The first-order chi connectivity index (χ1) is 8.27. The van der Waals surface area contributed by atoms with E-state index in [1.54, 1.807) is 0 Å². The molecule has 1 aliphatic heterocycles. The van der Waals surface area contributed by atoms with Gasteiger partial charge in [-0.1, -0.05) is 12.1 Å². The Kier molecular flexibility index (Phi) is 2.44. The number of fused-ring (bicyclic) bond motifs is 2. The van der Waals surface area contributed by atoms with Crippen molar-refractivity contribution in [3.05, 3.63) is 34.9 Å². The first-order valence-electron chi connectivity index (χ1n) is 6.27. The van der Waals surface area contributed by atoms with Crippen LogP contribution in [0.25, 0.3) is 0 Å². The molecule has 0 unspecified atom stereocenters. The maximum atomic E-state index is 12.0. The van der Waals surface area contributed by atoms with Crippen LogP contribution in [-0.2, 0) is 16.7 Å². The molecular weight excluding hydrogens is 214 g/mol. The van der Waals surface area contributed by atoms with E-state index in [4.69, 9.17) is 4.74 Å². The molecule has 3 rings (SSSR count). The maximum absolute atomic E-state index is 12.0. The van der Waals surface area contributed by atoms with Crippen molar-refractivity contribution in [2.24, 2.45) is 0 Å². The summed E-state index contributed by atoms with van der Waals surface area (Å²) in [6.07, 6.45) is 2.37. The summed E-state index contributed by atoms with van der Waals surface area (Å²) >= 11 is 0. The van der Waals surface area contributed by atoms with Crippen molar-refractivity contribution < 1.29 is 9.53 Å². The lowest BCUT2D eigenvalue weighted by atomic mass is 9.84. The van der Waals surface area contributed by atoms with Gasteiger partial charge in [-0.2, -0.15) is 0 Å². The smallest absolute Gasteiger partial charge is 0.338 e. The summed E-state index contributed by atoms with van der Waals surface area (Å²) in [6, 6.07) is 5.97. The topological polar surface area (TPSA) is 38.3 Å². The number of nitrogens with one attached hydrogen (secondary N) is 1. The van der Waals surface area contributed by atoms with E-state index in [2.05, 4.69) is 11.4 Å². The number of ether oxygens (including phenoxy) is 1. The molecule has 1 fully saturated rings. The highest BCUT2D eigenvalue weighted by molar-refractivity contribution is 5.92. The number of esters is 1. The van der Waals surface area contributed by atoms with E-state index in [9.17, 15) is 4.79 Å². The van der Waals surface area contributed by atoms with Crippen LogP contribution >= 0.6 is 0 Å². The molecular formula is C14H17NO2. The van der Waals surface area contributed by atoms with Crippen molar-refractivity contribution >= 4 is 5.97 Å². The van der Waals surface area contributed by atoms with Crippen molar-refractivity contribution in [1.29, 1.82) is 0 Å². The van der Waals surface area contributed by atoms with Gasteiger partial charge in [0, 0.05) is 18.5 Å². The predicted molar refractivity (Wildman–Crippen MR) is 65.0 cm³/mol. The highest BCUT2D eigenvalue weighted by Crippen LogP contribution is 2.51. The number of hydrogen-bond acceptors (Lipinski definition) is 3. The number of carbonyl (C=O) groups excluding carboxylic acids is 1. The predicted octanol–water partition coefficient (Wildman–Crippen LogP) is 2.00. The van der Waals surface area contributed by atoms with Crippen LogP contribution in [0.15, 0.2) is 18.2 Å². The summed E-state index contributed by atoms with van der Waals surface area (Å²) in [5.74, 6) is -0.169. The van der Waals surface area contributed by atoms with Crippen molar-refractivity contribution in [3.63, 3.8) is 0 Å². The molecule has 17 heavy (non-hydrogen) atoms. The van der Waals surface area contributed by atoms with Crippen molar-refractivity contribution in [1.82, 2.24) is 5.32 Å². The molecule has 0 radical (unpaired) electrons. The van der Waals surface area contributed by atoms with Gasteiger partial charge in [-0.05, 0) is 37.0 Å². The molecule has 1 aromatic carbocycles. The fraction of sp³-hybridized carbons (Fsp3) is 0.500. The van der Waals surface area contributed by atoms with Gasteiger partial charge in [0.05, 0.1) is 12.2 Å². The minimum atomic E-state index is -0.169. The summed E-state index contributed by atoms with van der Waals surface area (Å²) in [4.78, 5) is 12.0. The first kappa shape index (κ1) is 10.8. The molecule has 0 aromatic heterocycles. The minimum absolute atomic E-state index is 0.169. The molecule has 0 bridgehead atoms. The lowest BCUT2D eigenvalue weighted by Crippen LogP contribution is -2.35.